The first-order valence-electron chi connectivity index (χ1n) is 13.4. The minimum absolute atomic E-state index is 0.0136. The van der Waals surface area contributed by atoms with Crippen LogP contribution in [0.4, 0.5) is 21.8 Å². The van der Waals surface area contributed by atoms with E-state index in [1.54, 1.807) is 18.2 Å². The Hall–Kier alpha value is -4.78. The van der Waals surface area contributed by atoms with Gasteiger partial charge in [-0.1, -0.05) is 60.7 Å². The molecule has 0 aliphatic carbocycles. The molecule has 1 unspecified atom stereocenters. The average Bonchev–Trinajstić information content (AvgIpc) is 2.98. The summed E-state index contributed by atoms with van der Waals surface area (Å²) in [5.74, 6) is 0.398. The van der Waals surface area contributed by atoms with Crippen molar-refractivity contribution in [1.29, 1.82) is 0 Å². The van der Waals surface area contributed by atoms with E-state index in [0.29, 0.717) is 22.9 Å². The van der Waals surface area contributed by atoms with Crippen molar-refractivity contribution in [3.8, 4) is 0 Å². The highest BCUT2D eigenvalue weighted by Gasteiger charge is 2.27. The van der Waals surface area contributed by atoms with Gasteiger partial charge in [0, 0.05) is 17.8 Å². The van der Waals surface area contributed by atoms with Crippen LogP contribution >= 0.6 is 0 Å². The zero-order valence-electron chi connectivity index (χ0n) is 22.4. The van der Waals surface area contributed by atoms with Crippen LogP contribution in [0.2, 0.25) is 0 Å². The van der Waals surface area contributed by atoms with E-state index >= 15 is 0 Å². The summed E-state index contributed by atoms with van der Waals surface area (Å²) in [6.07, 6.45) is 0.899. The predicted molar refractivity (Wildman–Crippen MR) is 155 cm³/mol. The molecule has 0 saturated heterocycles. The first kappa shape index (κ1) is 25.5. The molecule has 0 saturated carbocycles. The molecular weight excluding hydrogens is 503 g/mol. The number of carbonyl (C=O) groups excluding carboxylic acids is 1. The van der Waals surface area contributed by atoms with Gasteiger partial charge in [0.15, 0.2) is 0 Å². The fraction of sp³-hybridized carbons (Fsp3) is 0.182. The van der Waals surface area contributed by atoms with Crippen LogP contribution < -0.4 is 10.2 Å². The van der Waals surface area contributed by atoms with E-state index in [9.17, 15) is 9.18 Å². The van der Waals surface area contributed by atoms with Crippen molar-refractivity contribution in [2.24, 2.45) is 0 Å². The van der Waals surface area contributed by atoms with E-state index in [0.717, 1.165) is 35.1 Å². The molecule has 1 aliphatic heterocycles. The first-order chi connectivity index (χ1) is 19.5. The molecule has 1 N–H and O–H groups in total. The fourth-order valence-electron chi connectivity index (χ4n) is 5.36. The minimum atomic E-state index is -0.412. The molecule has 6 rings (SSSR count). The molecule has 7 heteroatoms. The number of nitrogens with zero attached hydrogens (tertiary/aromatic N) is 3. The third kappa shape index (κ3) is 4.98. The number of benzene rings is 4. The zero-order chi connectivity index (χ0) is 27.6. The van der Waals surface area contributed by atoms with Crippen LogP contribution in [-0.4, -0.2) is 22.5 Å². The quantitative estimate of drug-likeness (QED) is 0.232. The number of carbonyl (C=O) groups is 1. The summed E-state index contributed by atoms with van der Waals surface area (Å²) in [5.41, 5.74) is 5.23. The summed E-state index contributed by atoms with van der Waals surface area (Å²) in [4.78, 5) is 25.1. The maximum absolute atomic E-state index is 13.5. The molecule has 40 heavy (non-hydrogen) atoms. The van der Waals surface area contributed by atoms with Crippen LogP contribution in [0.1, 0.15) is 45.7 Å². The maximum Gasteiger partial charge on any atom is 0.339 e. The van der Waals surface area contributed by atoms with Gasteiger partial charge in [-0.3, -0.25) is 0 Å². The number of hydrogen-bond donors (Lipinski definition) is 1. The smallest absolute Gasteiger partial charge is 0.339 e. The second kappa shape index (κ2) is 10.8. The summed E-state index contributed by atoms with van der Waals surface area (Å²) < 4.78 is 19.3. The van der Waals surface area contributed by atoms with E-state index in [1.807, 2.05) is 43.3 Å². The lowest BCUT2D eigenvalue weighted by Gasteiger charge is -2.37. The Bertz CT molecular complexity index is 1700. The molecule has 5 aromatic rings. The van der Waals surface area contributed by atoms with Crippen LogP contribution in [0.5, 0.6) is 0 Å². The molecule has 0 fully saturated rings. The summed E-state index contributed by atoms with van der Waals surface area (Å²) in [7, 11) is 0. The highest BCUT2D eigenvalue weighted by molar-refractivity contribution is 6.04. The molecule has 4 aromatic carbocycles. The van der Waals surface area contributed by atoms with Crippen molar-refractivity contribution >= 4 is 34.2 Å². The molecule has 0 bridgehead atoms. The van der Waals surface area contributed by atoms with Crippen molar-refractivity contribution in [3.63, 3.8) is 0 Å². The van der Waals surface area contributed by atoms with Gasteiger partial charge in [0.05, 0.1) is 17.3 Å². The molecule has 1 atom stereocenters. The Morgan fingerprint density at radius 1 is 0.975 bits per heavy atom. The number of fused-ring (bicyclic) bond motifs is 2. The lowest BCUT2D eigenvalue weighted by Crippen LogP contribution is -2.35. The van der Waals surface area contributed by atoms with E-state index < -0.39 is 5.97 Å². The largest absolute Gasteiger partial charge is 0.456 e. The molecule has 1 aliphatic rings. The van der Waals surface area contributed by atoms with Gasteiger partial charge >= 0.3 is 5.97 Å². The molecular formula is C33H29FN4O2. The van der Waals surface area contributed by atoms with E-state index in [2.05, 4.69) is 41.4 Å². The Labute approximate surface area is 232 Å². The number of rotatable bonds is 6. The van der Waals surface area contributed by atoms with Gasteiger partial charge in [-0.05, 0) is 72.5 Å². The third-order valence-corrected chi connectivity index (χ3v) is 7.54. The van der Waals surface area contributed by atoms with Crippen LogP contribution in [0, 0.1) is 12.7 Å². The van der Waals surface area contributed by atoms with Crippen molar-refractivity contribution in [1.82, 2.24) is 9.97 Å². The van der Waals surface area contributed by atoms with Crippen molar-refractivity contribution in [3.05, 3.63) is 125 Å². The Morgan fingerprint density at radius 3 is 2.58 bits per heavy atom. The summed E-state index contributed by atoms with van der Waals surface area (Å²) in [5, 5.41) is 5.02. The van der Waals surface area contributed by atoms with Gasteiger partial charge in [-0.25, -0.2) is 14.2 Å². The zero-order valence-corrected chi connectivity index (χ0v) is 22.4. The number of halogens is 1. The van der Waals surface area contributed by atoms with Crippen LogP contribution in [-0.2, 0) is 17.8 Å². The van der Waals surface area contributed by atoms with Crippen LogP contribution in [0.3, 0.4) is 0 Å². The second-order valence-corrected chi connectivity index (χ2v) is 10.00. The van der Waals surface area contributed by atoms with Gasteiger partial charge in [-0.2, -0.15) is 4.98 Å². The number of anilines is 3. The molecule has 0 amide bonds. The molecule has 1 aromatic heterocycles. The Balaban J connectivity index is 1.34. The Kier molecular flexibility index (Phi) is 6.86. The topological polar surface area (TPSA) is 67.3 Å². The van der Waals surface area contributed by atoms with Gasteiger partial charge < -0.3 is 15.0 Å². The standard InChI is InChI=1S/C33H29FN4O2/c1-21-30(20-40-32(39)29-13-7-10-23-8-4-6-12-28(23)29)36-33(35-26-16-14-25(34)15-17-26)37-31(21)38-19-18-24-9-3-5-11-27(24)22(38)2/h3-17,22H,18-20H2,1-2H3,(H,35,36,37). The summed E-state index contributed by atoms with van der Waals surface area (Å²) in [6.45, 7) is 4.92. The average molecular weight is 533 g/mol. The highest BCUT2D eigenvalue weighted by atomic mass is 19.1. The number of ether oxygens (including phenoxy) is 1. The number of nitrogens with one attached hydrogen (secondary N) is 1. The SMILES string of the molecule is Cc1c(COC(=O)c2cccc3ccccc23)nc(Nc2ccc(F)cc2)nc1N1CCc2ccccc2C1C. The number of esters is 1. The second-order valence-electron chi connectivity index (χ2n) is 10.00. The number of hydrogen-bond acceptors (Lipinski definition) is 6. The number of aromatic nitrogens is 2. The maximum atomic E-state index is 13.5. The molecule has 0 spiro atoms. The fourth-order valence-corrected chi connectivity index (χ4v) is 5.36. The van der Waals surface area contributed by atoms with E-state index in [1.165, 1.54) is 23.3 Å². The first-order valence-corrected chi connectivity index (χ1v) is 13.4. The normalized spacial score (nSPS) is 14.6. The van der Waals surface area contributed by atoms with Crippen LogP contribution in [0.15, 0.2) is 91.0 Å². The molecule has 0 radical (unpaired) electrons. The van der Waals surface area contributed by atoms with Crippen LogP contribution in [0.25, 0.3) is 10.8 Å². The van der Waals surface area contributed by atoms with Crippen molar-refractivity contribution < 1.29 is 13.9 Å². The highest BCUT2D eigenvalue weighted by Crippen LogP contribution is 2.35. The molecule has 200 valence electrons. The predicted octanol–water partition coefficient (Wildman–Crippen LogP) is 7.30. The van der Waals surface area contributed by atoms with Crippen molar-refractivity contribution in [2.75, 3.05) is 16.8 Å². The monoisotopic (exact) mass is 532 g/mol. The summed E-state index contributed by atoms with van der Waals surface area (Å²) in [6, 6.07) is 27.9. The third-order valence-electron chi connectivity index (χ3n) is 7.54. The Morgan fingerprint density at radius 2 is 1.73 bits per heavy atom. The van der Waals surface area contributed by atoms with Gasteiger partial charge in [0.1, 0.15) is 18.2 Å². The minimum Gasteiger partial charge on any atom is -0.456 e. The van der Waals surface area contributed by atoms with Gasteiger partial charge in [0.2, 0.25) is 5.95 Å². The van der Waals surface area contributed by atoms with Gasteiger partial charge in [-0.15, -0.1) is 0 Å². The van der Waals surface area contributed by atoms with E-state index in [-0.39, 0.29) is 18.5 Å². The molecule has 6 nitrogen and oxygen atoms in total. The lowest BCUT2D eigenvalue weighted by molar-refractivity contribution is 0.0469. The van der Waals surface area contributed by atoms with Gasteiger partial charge in [0.25, 0.3) is 0 Å². The molecule has 2 heterocycles. The van der Waals surface area contributed by atoms with Crippen molar-refractivity contribution in [2.45, 2.75) is 32.9 Å². The lowest BCUT2D eigenvalue weighted by atomic mass is 9.93. The van der Waals surface area contributed by atoms with E-state index in [4.69, 9.17) is 14.7 Å². The summed E-state index contributed by atoms with van der Waals surface area (Å²) >= 11 is 0.